The number of nitrogens with zero attached hydrogens (tertiary/aromatic N) is 1. The molecule has 4 nitrogen and oxygen atoms in total. The topological polar surface area (TPSA) is 67.5 Å². The molecule has 1 aromatic carbocycles. The molecule has 134 valence electrons. The summed E-state index contributed by atoms with van der Waals surface area (Å²) >= 11 is 0. The number of hydrogen-bond acceptors (Lipinski definition) is 2. The van der Waals surface area contributed by atoms with E-state index in [0.717, 1.165) is 30.4 Å². The minimum atomic E-state index is 0.134. The summed E-state index contributed by atoms with van der Waals surface area (Å²) in [6.07, 6.45) is 6.76. The Kier molecular flexibility index (Phi) is 9.81. The summed E-state index contributed by atoms with van der Waals surface area (Å²) in [5, 5.41) is 3.08. The fourth-order valence-corrected chi connectivity index (χ4v) is 2.73. The second-order valence-corrected chi connectivity index (χ2v) is 6.45. The number of rotatable bonds is 11. The van der Waals surface area contributed by atoms with Crippen molar-refractivity contribution in [2.45, 2.75) is 72.4 Å². The number of unbranched alkanes of at least 4 members (excludes halogenated alkanes) is 3. The molecule has 3 N–H and O–H groups in total. The van der Waals surface area contributed by atoms with Crippen molar-refractivity contribution < 1.29 is 4.79 Å². The fourth-order valence-electron chi connectivity index (χ4n) is 2.73. The van der Waals surface area contributed by atoms with E-state index in [2.05, 4.69) is 30.2 Å². The van der Waals surface area contributed by atoms with Crippen LogP contribution < -0.4 is 11.1 Å². The summed E-state index contributed by atoms with van der Waals surface area (Å²) in [5.41, 5.74) is 7.79. The number of nitrogens with two attached hydrogens (primary N) is 1. The number of carbonyl (C=O) groups is 1. The SMILES string of the molecule is CCCCCC[C@@H](CC)C(=O)NCc1cccc(CN=C(C)N)c1. The van der Waals surface area contributed by atoms with Gasteiger partial charge in [-0.25, -0.2) is 0 Å². The normalized spacial score (nSPS) is 12.9. The molecule has 1 aromatic rings. The molecule has 0 aliphatic heterocycles. The van der Waals surface area contributed by atoms with Gasteiger partial charge in [0.1, 0.15) is 0 Å². The third-order valence-electron chi connectivity index (χ3n) is 4.24. The van der Waals surface area contributed by atoms with E-state index in [4.69, 9.17) is 5.73 Å². The van der Waals surface area contributed by atoms with Crippen LogP contribution in [0.1, 0.15) is 70.4 Å². The highest BCUT2D eigenvalue weighted by Crippen LogP contribution is 2.15. The van der Waals surface area contributed by atoms with Crippen LogP contribution in [0, 0.1) is 5.92 Å². The molecule has 0 aliphatic carbocycles. The number of benzene rings is 1. The lowest BCUT2D eigenvalue weighted by molar-refractivity contribution is -0.125. The van der Waals surface area contributed by atoms with Crippen LogP contribution >= 0.6 is 0 Å². The molecule has 0 aromatic heterocycles. The zero-order chi connectivity index (χ0) is 17.8. The maximum Gasteiger partial charge on any atom is 0.223 e. The van der Waals surface area contributed by atoms with Gasteiger partial charge < -0.3 is 11.1 Å². The van der Waals surface area contributed by atoms with Crippen molar-refractivity contribution in [1.29, 1.82) is 0 Å². The zero-order valence-corrected chi connectivity index (χ0v) is 15.5. The van der Waals surface area contributed by atoms with E-state index in [0.29, 0.717) is 18.9 Å². The first-order valence-electron chi connectivity index (χ1n) is 9.18. The molecular weight excluding hydrogens is 298 g/mol. The quantitative estimate of drug-likeness (QED) is 0.363. The van der Waals surface area contributed by atoms with Crippen LogP contribution in [0.3, 0.4) is 0 Å². The molecule has 1 rings (SSSR count). The molecular formula is C20H33N3O. The standard InChI is InChI=1S/C20H33N3O/c1-4-6-7-8-12-19(5-2)20(24)23-15-18-11-9-10-17(13-18)14-22-16(3)21/h9-11,13,19H,4-8,12,14-15H2,1-3H3,(H2,21,22)(H,23,24)/t19-/m1/s1. The van der Waals surface area contributed by atoms with Crippen molar-refractivity contribution >= 4 is 11.7 Å². The van der Waals surface area contributed by atoms with E-state index in [1.807, 2.05) is 18.2 Å². The molecule has 0 saturated heterocycles. The van der Waals surface area contributed by atoms with Crippen molar-refractivity contribution in [3.8, 4) is 0 Å². The maximum absolute atomic E-state index is 12.4. The first-order valence-corrected chi connectivity index (χ1v) is 9.18. The van der Waals surface area contributed by atoms with Gasteiger partial charge in [0.15, 0.2) is 0 Å². The molecule has 0 radical (unpaired) electrons. The van der Waals surface area contributed by atoms with Crippen LogP contribution in [0.4, 0.5) is 0 Å². The monoisotopic (exact) mass is 331 g/mol. The molecule has 0 heterocycles. The van der Waals surface area contributed by atoms with E-state index < -0.39 is 0 Å². The molecule has 0 unspecified atom stereocenters. The lowest BCUT2D eigenvalue weighted by Crippen LogP contribution is -2.30. The Morgan fingerprint density at radius 2 is 1.96 bits per heavy atom. The Morgan fingerprint density at radius 1 is 1.21 bits per heavy atom. The van der Waals surface area contributed by atoms with E-state index >= 15 is 0 Å². The Hall–Kier alpha value is -1.84. The summed E-state index contributed by atoms with van der Waals surface area (Å²) in [4.78, 5) is 16.6. The molecule has 4 heteroatoms. The predicted octanol–water partition coefficient (Wildman–Crippen LogP) is 4.18. The molecule has 0 spiro atoms. The van der Waals surface area contributed by atoms with E-state index in [-0.39, 0.29) is 11.8 Å². The number of aliphatic imine (C=N–C) groups is 1. The Balaban J connectivity index is 2.47. The van der Waals surface area contributed by atoms with Crippen LogP contribution in [0.5, 0.6) is 0 Å². The zero-order valence-electron chi connectivity index (χ0n) is 15.5. The molecule has 24 heavy (non-hydrogen) atoms. The second kappa shape index (κ2) is 11.7. The first-order chi connectivity index (χ1) is 11.6. The van der Waals surface area contributed by atoms with Crippen molar-refractivity contribution in [1.82, 2.24) is 5.32 Å². The highest BCUT2D eigenvalue weighted by molar-refractivity contribution is 5.78. The minimum Gasteiger partial charge on any atom is -0.388 e. The van der Waals surface area contributed by atoms with E-state index in [1.54, 1.807) is 6.92 Å². The summed E-state index contributed by atoms with van der Waals surface area (Å²) in [7, 11) is 0. The molecule has 1 amide bonds. The summed E-state index contributed by atoms with van der Waals surface area (Å²) in [5.74, 6) is 0.896. The van der Waals surface area contributed by atoms with Crippen molar-refractivity contribution in [3.05, 3.63) is 35.4 Å². The van der Waals surface area contributed by atoms with Gasteiger partial charge in [0.2, 0.25) is 5.91 Å². The fraction of sp³-hybridized carbons (Fsp3) is 0.600. The highest BCUT2D eigenvalue weighted by atomic mass is 16.1. The van der Waals surface area contributed by atoms with Crippen LogP contribution in [0.15, 0.2) is 29.3 Å². The smallest absolute Gasteiger partial charge is 0.223 e. The summed E-state index contributed by atoms with van der Waals surface area (Å²) in [6, 6.07) is 8.14. The molecule has 1 atom stereocenters. The van der Waals surface area contributed by atoms with Gasteiger partial charge in [0.25, 0.3) is 0 Å². The Morgan fingerprint density at radius 3 is 2.62 bits per heavy atom. The van der Waals surface area contributed by atoms with Crippen LogP contribution in [-0.2, 0) is 17.9 Å². The Bertz CT molecular complexity index is 521. The van der Waals surface area contributed by atoms with E-state index in [1.165, 1.54) is 19.3 Å². The first kappa shape index (κ1) is 20.2. The highest BCUT2D eigenvalue weighted by Gasteiger charge is 2.15. The predicted molar refractivity (Wildman–Crippen MR) is 102 cm³/mol. The van der Waals surface area contributed by atoms with Gasteiger partial charge in [-0.05, 0) is 30.9 Å². The summed E-state index contributed by atoms with van der Waals surface area (Å²) in [6.45, 7) is 7.24. The largest absolute Gasteiger partial charge is 0.388 e. The van der Waals surface area contributed by atoms with Crippen molar-refractivity contribution in [2.24, 2.45) is 16.6 Å². The maximum atomic E-state index is 12.4. The van der Waals surface area contributed by atoms with Crippen molar-refractivity contribution in [3.63, 3.8) is 0 Å². The lowest BCUT2D eigenvalue weighted by atomic mass is 9.97. The lowest BCUT2D eigenvalue weighted by Gasteiger charge is -2.15. The van der Waals surface area contributed by atoms with Crippen molar-refractivity contribution in [2.75, 3.05) is 0 Å². The van der Waals surface area contributed by atoms with Gasteiger partial charge in [0.05, 0.1) is 12.4 Å². The number of hydrogen-bond donors (Lipinski definition) is 2. The average molecular weight is 332 g/mol. The number of amides is 1. The molecule has 0 saturated carbocycles. The van der Waals surface area contributed by atoms with Gasteiger partial charge in [-0.3, -0.25) is 9.79 Å². The van der Waals surface area contributed by atoms with Gasteiger partial charge in [-0.2, -0.15) is 0 Å². The van der Waals surface area contributed by atoms with Crippen LogP contribution in [0.25, 0.3) is 0 Å². The van der Waals surface area contributed by atoms with Gasteiger partial charge in [-0.15, -0.1) is 0 Å². The van der Waals surface area contributed by atoms with Crippen LogP contribution in [-0.4, -0.2) is 11.7 Å². The number of amidine groups is 1. The number of carbonyl (C=O) groups excluding carboxylic acids is 1. The minimum absolute atomic E-state index is 0.134. The summed E-state index contributed by atoms with van der Waals surface area (Å²) < 4.78 is 0. The van der Waals surface area contributed by atoms with Crippen LogP contribution in [0.2, 0.25) is 0 Å². The molecule has 0 fully saturated rings. The van der Waals surface area contributed by atoms with E-state index in [9.17, 15) is 4.79 Å². The second-order valence-electron chi connectivity index (χ2n) is 6.45. The Labute approximate surface area is 146 Å². The third-order valence-corrected chi connectivity index (χ3v) is 4.24. The van der Waals surface area contributed by atoms with Gasteiger partial charge in [-0.1, -0.05) is 63.8 Å². The average Bonchev–Trinajstić information content (AvgIpc) is 2.58. The third kappa shape index (κ3) is 8.14. The molecule has 0 aliphatic rings. The van der Waals surface area contributed by atoms with Gasteiger partial charge >= 0.3 is 0 Å². The van der Waals surface area contributed by atoms with Gasteiger partial charge in [0, 0.05) is 12.5 Å². The molecule has 0 bridgehead atoms. The number of nitrogens with one attached hydrogen (secondary N) is 1.